The molecule has 0 radical (unpaired) electrons. The maximum Gasteiger partial charge on any atom is 0.353 e. The summed E-state index contributed by atoms with van der Waals surface area (Å²) in [5.41, 5.74) is 0.405. The number of nitrogens with zero attached hydrogens (tertiary/aromatic N) is 4. The van der Waals surface area contributed by atoms with Gasteiger partial charge in [0, 0.05) is 33.0 Å². The molecule has 0 saturated carbocycles. The van der Waals surface area contributed by atoms with Crippen LogP contribution in [-0.2, 0) is 9.47 Å². The summed E-state index contributed by atoms with van der Waals surface area (Å²) in [4.78, 5) is 21.5. The molecule has 0 aliphatic rings. The van der Waals surface area contributed by atoms with Gasteiger partial charge in [0.1, 0.15) is 17.8 Å². The van der Waals surface area contributed by atoms with E-state index in [9.17, 15) is 10.1 Å². The first kappa shape index (κ1) is 22.9. The van der Waals surface area contributed by atoms with Crippen molar-refractivity contribution in [3.63, 3.8) is 0 Å². The Hall–Kier alpha value is -3.76. The highest BCUT2D eigenvalue weighted by molar-refractivity contribution is 5.74. The van der Waals surface area contributed by atoms with E-state index >= 15 is 0 Å². The molecule has 3 rings (SSSR count). The topological polar surface area (TPSA) is 112 Å². The van der Waals surface area contributed by atoms with Crippen molar-refractivity contribution in [2.24, 2.45) is 0 Å². The van der Waals surface area contributed by atoms with Crippen LogP contribution < -0.4 is 15.0 Å². The first-order chi connectivity index (χ1) is 15.6. The van der Waals surface area contributed by atoms with E-state index in [0.29, 0.717) is 37.7 Å². The minimum absolute atomic E-state index is 0.0940. The van der Waals surface area contributed by atoms with Crippen molar-refractivity contribution in [2.75, 3.05) is 50.7 Å². The molecule has 0 fully saturated rings. The number of hydrogen-bond donors (Lipinski definition) is 1. The molecule has 1 N–H and O–H groups in total. The van der Waals surface area contributed by atoms with E-state index in [2.05, 4.69) is 15.3 Å². The smallest absolute Gasteiger partial charge is 0.353 e. The summed E-state index contributed by atoms with van der Waals surface area (Å²) >= 11 is 0. The van der Waals surface area contributed by atoms with E-state index in [-0.39, 0.29) is 17.3 Å². The van der Waals surface area contributed by atoms with Gasteiger partial charge in [-0.15, -0.1) is 0 Å². The van der Waals surface area contributed by atoms with Gasteiger partial charge in [0.25, 0.3) is 0 Å². The average molecular weight is 439 g/mol. The largest absolute Gasteiger partial charge is 0.457 e. The SMILES string of the molecule is COCCN(CCOC)c1ncnc(Nc2ccc(Oc3ccccc3)cc2)c1[N+](=O)[O-]. The van der Waals surface area contributed by atoms with E-state index in [1.54, 1.807) is 43.4 Å². The van der Waals surface area contributed by atoms with Crippen LogP contribution in [0.3, 0.4) is 0 Å². The summed E-state index contributed by atoms with van der Waals surface area (Å²) in [5, 5.41) is 14.9. The molecule has 0 spiro atoms. The van der Waals surface area contributed by atoms with Crippen molar-refractivity contribution >= 4 is 23.0 Å². The van der Waals surface area contributed by atoms with Crippen molar-refractivity contribution in [1.29, 1.82) is 0 Å². The fourth-order valence-electron chi connectivity index (χ4n) is 2.95. The first-order valence-corrected chi connectivity index (χ1v) is 9.94. The highest BCUT2D eigenvalue weighted by atomic mass is 16.6. The number of para-hydroxylation sites is 1. The monoisotopic (exact) mass is 439 g/mol. The predicted octanol–water partition coefficient (Wildman–Crippen LogP) is 4.02. The van der Waals surface area contributed by atoms with E-state index < -0.39 is 4.92 Å². The lowest BCUT2D eigenvalue weighted by atomic mass is 10.3. The van der Waals surface area contributed by atoms with Crippen molar-refractivity contribution in [1.82, 2.24) is 9.97 Å². The lowest BCUT2D eigenvalue weighted by molar-refractivity contribution is -0.383. The predicted molar refractivity (Wildman–Crippen MR) is 121 cm³/mol. The Morgan fingerprint density at radius 2 is 1.56 bits per heavy atom. The fraction of sp³-hybridized carbons (Fsp3) is 0.273. The van der Waals surface area contributed by atoms with Crippen molar-refractivity contribution in [3.05, 3.63) is 71.0 Å². The third-order valence-electron chi connectivity index (χ3n) is 4.51. The highest BCUT2D eigenvalue weighted by Gasteiger charge is 2.27. The number of rotatable bonds is 12. The van der Waals surface area contributed by atoms with Gasteiger partial charge in [0.05, 0.1) is 18.1 Å². The van der Waals surface area contributed by atoms with Crippen LogP contribution in [-0.4, -0.2) is 55.4 Å². The highest BCUT2D eigenvalue weighted by Crippen LogP contribution is 2.34. The molecule has 0 unspecified atom stereocenters. The number of anilines is 3. The van der Waals surface area contributed by atoms with Gasteiger partial charge in [-0.05, 0) is 36.4 Å². The quantitative estimate of drug-likeness (QED) is 0.330. The van der Waals surface area contributed by atoms with E-state index in [1.807, 2.05) is 30.3 Å². The Morgan fingerprint density at radius 1 is 0.938 bits per heavy atom. The van der Waals surface area contributed by atoms with E-state index in [4.69, 9.17) is 14.2 Å². The van der Waals surface area contributed by atoms with Crippen molar-refractivity contribution < 1.29 is 19.1 Å². The molecule has 168 valence electrons. The van der Waals surface area contributed by atoms with E-state index in [0.717, 1.165) is 5.75 Å². The second kappa shape index (κ2) is 11.6. The van der Waals surface area contributed by atoms with Gasteiger partial charge in [-0.25, -0.2) is 9.97 Å². The van der Waals surface area contributed by atoms with Crippen molar-refractivity contribution in [2.45, 2.75) is 0 Å². The minimum atomic E-state index is -0.489. The lowest BCUT2D eigenvalue weighted by Crippen LogP contribution is -2.32. The first-order valence-electron chi connectivity index (χ1n) is 9.94. The van der Waals surface area contributed by atoms with Crippen LogP contribution in [0.2, 0.25) is 0 Å². The van der Waals surface area contributed by atoms with Gasteiger partial charge in [-0.1, -0.05) is 18.2 Å². The molecule has 0 saturated heterocycles. The fourth-order valence-corrected chi connectivity index (χ4v) is 2.95. The number of nitro groups is 1. The summed E-state index contributed by atoms with van der Waals surface area (Å²) in [6.45, 7) is 1.61. The molecule has 10 heteroatoms. The van der Waals surface area contributed by atoms with Gasteiger partial charge < -0.3 is 24.4 Å². The zero-order chi connectivity index (χ0) is 22.8. The van der Waals surface area contributed by atoms with Crippen LogP contribution in [0.4, 0.5) is 23.0 Å². The van der Waals surface area contributed by atoms with Gasteiger partial charge in [0.2, 0.25) is 11.6 Å². The zero-order valence-electron chi connectivity index (χ0n) is 17.9. The van der Waals surface area contributed by atoms with E-state index in [1.165, 1.54) is 6.33 Å². The number of benzene rings is 2. The number of ether oxygens (including phenoxy) is 3. The van der Waals surface area contributed by atoms with Crippen molar-refractivity contribution in [3.8, 4) is 11.5 Å². The van der Waals surface area contributed by atoms with Gasteiger partial charge >= 0.3 is 5.69 Å². The molecule has 3 aromatic rings. The summed E-state index contributed by atoms with van der Waals surface area (Å²) in [6.07, 6.45) is 1.30. The molecule has 10 nitrogen and oxygen atoms in total. The number of nitrogens with one attached hydrogen (secondary N) is 1. The van der Waals surface area contributed by atoms with Crippen LogP contribution in [0, 0.1) is 10.1 Å². The molecule has 1 aromatic heterocycles. The molecular formula is C22H25N5O5. The molecular weight excluding hydrogens is 414 g/mol. The Balaban J connectivity index is 1.82. The Kier molecular flexibility index (Phi) is 8.29. The number of methoxy groups -OCH3 is 2. The molecule has 1 heterocycles. The maximum absolute atomic E-state index is 11.9. The maximum atomic E-state index is 11.9. The third kappa shape index (κ3) is 6.13. The van der Waals surface area contributed by atoms with Crippen LogP contribution in [0.1, 0.15) is 0 Å². The molecule has 0 aliphatic heterocycles. The van der Waals surface area contributed by atoms with Crippen LogP contribution in [0.25, 0.3) is 0 Å². The molecule has 0 atom stereocenters. The molecule has 0 amide bonds. The molecule has 2 aromatic carbocycles. The standard InChI is InChI=1S/C22H25N5O5/c1-30-14-12-26(13-15-31-2)22-20(27(28)29)21(23-16-24-22)25-17-8-10-19(11-9-17)32-18-6-4-3-5-7-18/h3-11,16H,12-15H2,1-2H3,(H,23,24,25). The second-order valence-corrected chi connectivity index (χ2v) is 6.69. The molecule has 0 bridgehead atoms. The second-order valence-electron chi connectivity index (χ2n) is 6.69. The van der Waals surface area contributed by atoms with Crippen LogP contribution in [0.15, 0.2) is 60.9 Å². The van der Waals surface area contributed by atoms with Crippen LogP contribution >= 0.6 is 0 Å². The summed E-state index contributed by atoms with van der Waals surface area (Å²) in [7, 11) is 3.14. The normalized spacial score (nSPS) is 10.6. The minimum Gasteiger partial charge on any atom is -0.457 e. The lowest BCUT2D eigenvalue weighted by Gasteiger charge is -2.23. The molecule has 0 aliphatic carbocycles. The Labute approximate surface area is 185 Å². The Morgan fingerprint density at radius 3 is 2.16 bits per heavy atom. The zero-order valence-corrected chi connectivity index (χ0v) is 17.9. The average Bonchev–Trinajstić information content (AvgIpc) is 2.81. The van der Waals surface area contributed by atoms with Gasteiger partial charge in [-0.2, -0.15) is 0 Å². The van der Waals surface area contributed by atoms with Crippen LogP contribution in [0.5, 0.6) is 11.5 Å². The van der Waals surface area contributed by atoms with Gasteiger partial charge in [0.15, 0.2) is 0 Å². The summed E-state index contributed by atoms with van der Waals surface area (Å²) in [5.74, 6) is 1.66. The summed E-state index contributed by atoms with van der Waals surface area (Å²) < 4.78 is 16.0. The van der Waals surface area contributed by atoms with Gasteiger partial charge in [-0.3, -0.25) is 10.1 Å². The number of hydrogen-bond acceptors (Lipinski definition) is 9. The number of aromatic nitrogens is 2. The Bertz CT molecular complexity index is 993. The third-order valence-corrected chi connectivity index (χ3v) is 4.51. The summed E-state index contributed by atoms with van der Waals surface area (Å²) in [6, 6.07) is 16.5. The molecule has 32 heavy (non-hydrogen) atoms.